The lowest BCUT2D eigenvalue weighted by atomic mass is 10.2. The van der Waals surface area contributed by atoms with Crippen molar-refractivity contribution in [3.05, 3.63) is 33.5 Å². The Morgan fingerprint density at radius 3 is 2.53 bits per heavy atom. The second kappa shape index (κ2) is 5.16. The van der Waals surface area contributed by atoms with Gasteiger partial charge in [0.2, 0.25) is 0 Å². The maximum atomic E-state index is 12.3. The second-order valence-corrected chi connectivity index (χ2v) is 4.50. The van der Waals surface area contributed by atoms with Crippen LogP contribution in [0.3, 0.4) is 0 Å². The normalized spacial score (nSPS) is 13.7. The molecule has 0 aliphatic rings. The molecule has 0 bridgehead atoms. The van der Waals surface area contributed by atoms with Gasteiger partial charge in [0.05, 0.1) is 10.6 Å². The number of halogens is 2. The molecular formula is C11H13F2NS. The van der Waals surface area contributed by atoms with Crippen LogP contribution in [0.5, 0.6) is 0 Å². The lowest BCUT2D eigenvalue weighted by molar-refractivity contribution is 0.190. The molecule has 0 aliphatic carbocycles. The lowest BCUT2D eigenvalue weighted by Crippen LogP contribution is -1.99. The summed E-state index contributed by atoms with van der Waals surface area (Å²) < 4.78 is 24.7. The molecule has 1 heterocycles. The summed E-state index contributed by atoms with van der Waals surface area (Å²) in [4.78, 5) is 6.08. The Bertz CT molecular complexity index is 391. The number of aliphatic imine (C=N–C) groups is 1. The van der Waals surface area contributed by atoms with Crippen LogP contribution in [-0.2, 0) is 0 Å². The zero-order valence-corrected chi connectivity index (χ0v) is 9.74. The van der Waals surface area contributed by atoms with E-state index in [9.17, 15) is 8.78 Å². The quantitative estimate of drug-likeness (QED) is 0.701. The van der Waals surface area contributed by atoms with Crippen LogP contribution < -0.4 is 0 Å². The third-order valence-corrected chi connectivity index (χ3v) is 2.97. The van der Waals surface area contributed by atoms with Gasteiger partial charge in [-0.25, -0.2) is 8.78 Å². The highest BCUT2D eigenvalue weighted by atomic mass is 32.1. The van der Waals surface area contributed by atoms with Crippen molar-refractivity contribution in [2.45, 2.75) is 20.3 Å². The number of hydrogen-bond acceptors (Lipinski definition) is 2. The van der Waals surface area contributed by atoms with E-state index in [-0.39, 0.29) is 5.57 Å². The van der Waals surface area contributed by atoms with Crippen molar-refractivity contribution in [2.24, 2.45) is 4.99 Å². The fraction of sp³-hybridized carbons (Fsp3) is 0.364. The van der Waals surface area contributed by atoms with Crippen LogP contribution in [0.15, 0.2) is 28.8 Å². The first-order chi connectivity index (χ1) is 7.04. The summed E-state index contributed by atoms with van der Waals surface area (Å²) in [7, 11) is 1.61. The molecule has 0 aliphatic heterocycles. The van der Waals surface area contributed by atoms with Crippen LogP contribution in [0.2, 0.25) is 0 Å². The molecule has 1 aromatic rings. The number of thiophene rings is 1. The average molecular weight is 229 g/mol. The van der Waals surface area contributed by atoms with Crippen molar-refractivity contribution in [1.29, 1.82) is 0 Å². The highest BCUT2D eigenvalue weighted by Gasteiger charge is 2.08. The predicted octanol–water partition coefficient (Wildman–Crippen LogP) is 3.69. The molecule has 0 fully saturated rings. The van der Waals surface area contributed by atoms with Crippen molar-refractivity contribution in [1.82, 2.24) is 0 Å². The molecule has 0 saturated carbocycles. The number of aryl methyl sites for hydroxylation is 1. The minimum Gasteiger partial charge on any atom is -0.287 e. The van der Waals surface area contributed by atoms with Gasteiger partial charge in [0, 0.05) is 11.9 Å². The summed E-state index contributed by atoms with van der Waals surface area (Å²) in [5, 5.41) is 0. The first-order valence-corrected chi connectivity index (χ1v) is 5.36. The minimum absolute atomic E-state index is 0.0432. The zero-order valence-electron chi connectivity index (χ0n) is 8.92. The Labute approximate surface area is 92.2 Å². The van der Waals surface area contributed by atoms with Crippen LogP contribution in [0.4, 0.5) is 8.78 Å². The van der Waals surface area contributed by atoms with Crippen LogP contribution >= 0.6 is 11.3 Å². The number of alkyl halides is 2. The number of rotatable bonds is 3. The Morgan fingerprint density at radius 2 is 2.13 bits per heavy atom. The summed E-state index contributed by atoms with van der Waals surface area (Å²) >= 11 is 1.55. The van der Waals surface area contributed by atoms with Gasteiger partial charge in [-0.2, -0.15) is 0 Å². The Balaban J connectivity index is 2.97. The van der Waals surface area contributed by atoms with Crippen LogP contribution in [0, 0.1) is 6.92 Å². The third kappa shape index (κ3) is 3.23. The molecule has 0 radical (unpaired) electrons. The van der Waals surface area contributed by atoms with Crippen molar-refractivity contribution < 1.29 is 8.78 Å². The molecule has 0 amide bonds. The van der Waals surface area contributed by atoms with Gasteiger partial charge in [-0.3, -0.25) is 4.99 Å². The van der Waals surface area contributed by atoms with Gasteiger partial charge >= 0.3 is 0 Å². The van der Waals surface area contributed by atoms with E-state index < -0.39 is 6.43 Å². The summed E-state index contributed by atoms with van der Waals surface area (Å²) in [6.07, 6.45) is -0.974. The highest BCUT2D eigenvalue weighted by Crippen LogP contribution is 2.18. The second-order valence-electron chi connectivity index (χ2n) is 3.21. The third-order valence-electron chi connectivity index (χ3n) is 1.94. The molecule has 1 aromatic heterocycles. The maximum Gasteiger partial charge on any atom is 0.260 e. The predicted molar refractivity (Wildman–Crippen MR) is 61.3 cm³/mol. The van der Waals surface area contributed by atoms with E-state index in [1.807, 2.05) is 19.1 Å². The molecule has 0 atom stereocenters. The summed E-state index contributed by atoms with van der Waals surface area (Å²) in [6.45, 7) is 3.39. The van der Waals surface area contributed by atoms with E-state index in [4.69, 9.17) is 0 Å². The fourth-order valence-electron chi connectivity index (χ4n) is 1.10. The van der Waals surface area contributed by atoms with Gasteiger partial charge in [-0.05, 0) is 37.6 Å². The SMILES string of the molecule is CN=C(/C=C(\C)C(F)F)c1ccc(C)s1. The van der Waals surface area contributed by atoms with Gasteiger partial charge in [0.1, 0.15) is 0 Å². The van der Waals surface area contributed by atoms with Crippen molar-refractivity contribution >= 4 is 17.0 Å². The summed E-state index contributed by atoms with van der Waals surface area (Å²) in [5.41, 5.74) is 0.660. The number of allylic oxidation sites excluding steroid dienone is 2. The van der Waals surface area contributed by atoms with Gasteiger partial charge in [-0.1, -0.05) is 0 Å². The van der Waals surface area contributed by atoms with Crippen molar-refractivity contribution in [3.63, 3.8) is 0 Å². The lowest BCUT2D eigenvalue weighted by Gasteiger charge is -2.00. The molecule has 0 aromatic carbocycles. The Hall–Kier alpha value is -1.03. The summed E-state index contributed by atoms with van der Waals surface area (Å²) in [5.74, 6) is 0. The van der Waals surface area contributed by atoms with Gasteiger partial charge in [0.15, 0.2) is 0 Å². The zero-order chi connectivity index (χ0) is 11.4. The van der Waals surface area contributed by atoms with E-state index >= 15 is 0 Å². The van der Waals surface area contributed by atoms with Crippen molar-refractivity contribution in [3.8, 4) is 0 Å². The first kappa shape index (κ1) is 12.0. The molecule has 1 nitrogen and oxygen atoms in total. The van der Waals surface area contributed by atoms with E-state index in [0.717, 1.165) is 9.75 Å². The van der Waals surface area contributed by atoms with Gasteiger partial charge in [0.25, 0.3) is 6.43 Å². The molecule has 1 rings (SSSR count). The van der Waals surface area contributed by atoms with E-state index in [2.05, 4.69) is 4.99 Å². The molecule has 0 unspecified atom stereocenters. The molecule has 15 heavy (non-hydrogen) atoms. The molecule has 0 spiro atoms. The Morgan fingerprint density at radius 1 is 1.47 bits per heavy atom. The molecule has 82 valence electrons. The average Bonchev–Trinajstić information content (AvgIpc) is 2.60. The fourth-order valence-corrected chi connectivity index (χ4v) is 1.97. The summed E-state index contributed by atoms with van der Waals surface area (Å²) in [6, 6.07) is 3.86. The molecule has 0 saturated heterocycles. The molecule has 4 heteroatoms. The largest absolute Gasteiger partial charge is 0.287 e. The van der Waals surface area contributed by atoms with Crippen LogP contribution in [-0.4, -0.2) is 19.2 Å². The minimum atomic E-state index is -2.41. The van der Waals surface area contributed by atoms with Gasteiger partial charge < -0.3 is 0 Å². The van der Waals surface area contributed by atoms with E-state index in [1.54, 1.807) is 18.4 Å². The molecule has 0 N–H and O–H groups in total. The van der Waals surface area contributed by atoms with Crippen LogP contribution in [0.25, 0.3) is 0 Å². The monoisotopic (exact) mass is 229 g/mol. The molecular weight excluding hydrogens is 216 g/mol. The first-order valence-electron chi connectivity index (χ1n) is 4.54. The Kier molecular flexibility index (Phi) is 4.15. The van der Waals surface area contributed by atoms with Gasteiger partial charge in [-0.15, -0.1) is 11.3 Å². The number of hydrogen-bond donors (Lipinski definition) is 0. The standard InChI is InChI=1S/C11H13F2NS/c1-7(11(12)13)6-9(14-3)10-5-4-8(2)15-10/h4-6,11H,1-3H3/b7-6+,14-9?. The topological polar surface area (TPSA) is 12.4 Å². The number of nitrogens with zero attached hydrogens (tertiary/aromatic N) is 1. The highest BCUT2D eigenvalue weighted by molar-refractivity contribution is 7.14. The smallest absolute Gasteiger partial charge is 0.260 e. The maximum absolute atomic E-state index is 12.3. The van der Waals surface area contributed by atoms with Crippen molar-refractivity contribution in [2.75, 3.05) is 7.05 Å². The van der Waals surface area contributed by atoms with E-state index in [1.165, 1.54) is 13.0 Å². The van der Waals surface area contributed by atoms with E-state index in [0.29, 0.717) is 5.71 Å². The van der Waals surface area contributed by atoms with Crippen LogP contribution in [0.1, 0.15) is 16.7 Å².